The first-order valence-corrected chi connectivity index (χ1v) is 10.4. The van der Waals surface area contributed by atoms with Gasteiger partial charge in [-0.3, -0.25) is 9.78 Å². The molecule has 7 nitrogen and oxygen atoms in total. The Bertz CT molecular complexity index is 1060. The van der Waals surface area contributed by atoms with Crippen molar-refractivity contribution in [1.82, 2.24) is 9.97 Å². The summed E-state index contributed by atoms with van der Waals surface area (Å²) in [5.74, 6) is 0.452. The quantitative estimate of drug-likeness (QED) is 0.463. The number of nitrogens with zero attached hydrogens (tertiary/aromatic N) is 2. The van der Waals surface area contributed by atoms with Crippen LogP contribution < -0.4 is 22.1 Å². The number of rotatable bonds is 5. The van der Waals surface area contributed by atoms with Gasteiger partial charge in [-0.15, -0.1) is 0 Å². The van der Waals surface area contributed by atoms with Crippen molar-refractivity contribution in [2.75, 3.05) is 10.6 Å². The number of pyridine rings is 2. The van der Waals surface area contributed by atoms with E-state index in [1.165, 1.54) is 0 Å². The molecule has 1 amide bonds. The number of aromatic nitrogens is 2. The molecular weight excluding hydrogens is 432 g/mol. The Morgan fingerprint density at radius 1 is 1.14 bits per heavy atom. The molecule has 0 radical (unpaired) electrons. The number of primary amides is 1. The van der Waals surface area contributed by atoms with Crippen molar-refractivity contribution < 1.29 is 4.79 Å². The number of nitrogens with two attached hydrogens (primary N) is 2. The Balaban J connectivity index is 1.67. The molecule has 1 unspecified atom stereocenters. The highest BCUT2D eigenvalue weighted by Gasteiger charge is 2.24. The number of halogens is 1. The SMILES string of the molecule is NC(=O)c1cc(Br)c(NC2CCCC[C@@H]2N)nc1Nc1cnc2ccccc2c1. The van der Waals surface area contributed by atoms with Gasteiger partial charge in [-0.2, -0.15) is 0 Å². The average molecular weight is 455 g/mol. The molecule has 1 aliphatic rings. The van der Waals surface area contributed by atoms with Crippen LogP contribution in [-0.4, -0.2) is 28.0 Å². The molecule has 2 heterocycles. The van der Waals surface area contributed by atoms with Crippen molar-refractivity contribution in [3.05, 3.63) is 52.6 Å². The maximum atomic E-state index is 12.0. The van der Waals surface area contributed by atoms with E-state index >= 15 is 0 Å². The first-order chi connectivity index (χ1) is 14.0. The maximum absolute atomic E-state index is 12.0. The zero-order valence-electron chi connectivity index (χ0n) is 15.9. The van der Waals surface area contributed by atoms with Crippen LogP contribution in [0.15, 0.2) is 47.1 Å². The van der Waals surface area contributed by atoms with Crippen molar-refractivity contribution in [3.8, 4) is 0 Å². The van der Waals surface area contributed by atoms with E-state index in [9.17, 15) is 4.79 Å². The van der Waals surface area contributed by atoms with Crippen LogP contribution in [-0.2, 0) is 0 Å². The molecule has 0 aliphatic heterocycles. The molecule has 0 spiro atoms. The van der Waals surface area contributed by atoms with Crippen molar-refractivity contribution in [2.24, 2.45) is 11.5 Å². The van der Waals surface area contributed by atoms with Crippen LogP contribution in [0.3, 0.4) is 0 Å². The van der Waals surface area contributed by atoms with Gasteiger partial charge in [0, 0.05) is 17.5 Å². The largest absolute Gasteiger partial charge is 0.365 e. The number of nitrogens with one attached hydrogen (secondary N) is 2. The molecule has 1 aliphatic carbocycles. The fraction of sp³-hybridized carbons (Fsp3) is 0.286. The fourth-order valence-electron chi connectivity index (χ4n) is 3.66. The molecule has 6 N–H and O–H groups in total. The second kappa shape index (κ2) is 8.34. The van der Waals surface area contributed by atoms with Gasteiger partial charge in [-0.05, 0) is 47.0 Å². The van der Waals surface area contributed by atoms with Gasteiger partial charge in [0.1, 0.15) is 11.6 Å². The summed E-state index contributed by atoms with van der Waals surface area (Å²) in [7, 11) is 0. The van der Waals surface area contributed by atoms with Crippen molar-refractivity contribution >= 4 is 50.1 Å². The van der Waals surface area contributed by atoms with E-state index in [1.807, 2.05) is 30.3 Å². The van der Waals surface area contributed by atoms with Gasteiger partial charge in [-0.25, -0.2) is 4.98 Å². The van der Waals surface area contributed by atoms with Gasteiger partial charge < -0.3 is 22.1 Å². The van der Waals surface area contributed by atoms with Crippen LogP contribution in [0.25, 0.3) is 10.9 Å². The third-order valence-corrected chi connectivity index (χ3v) is 5.84. The highest BCUT2D eigenvalue weighted by molar-refractivity contribution is 9.10. The van der Waals surface area contributed by atoms with E-state index in [0.717, 1.165) is 42.3 Å². The minimum Gasteiger partial charge on any atom is -0.365 e. The van der Waals surface area contributed by atoms with Crippen LogP contribution in [0.4, 0.5) is 17.3 Å². The fourth-order valence-corrected chi connectivity index (χ4v) is 4.10. The van der Waals surface area contributed by atoms with E-state index in [0.29, 0.717) is 21.7 Å². The molecule has 8 heteroatoms. The van der Waals surface area contributed by atoms with Gasteiger partial charge in [0.15, 0.2) is 0 Å². The first kappa shape index (κ1) is 19.6. The van der Waals surface area contributed by atoms with Gasteiger partial charge in [-0.1, -0.05) is 31.0 Å². The van der Waals surface area contributed by atoms with E-state index in [2.05, 4.69) is 36.5 Å². The monoisotopic (exact) mass is 454 g/mol. The lowest BCUT2D eigenvalue weighted by atomic mass is 9.91. The standard InChI is InChI=1S/C21H23BrN6O/c22-15-10-14(19(24)29)20(28-21(15)27-18-8-4-2-6-16(18)23)26-13-9-12-5-1-3-7-17(12)25-11-13/h1,3,5,7,9-11,16,18H,2,4,6,8,23H2,(H2,24,29)(H2,26,27,28)/t16-,18?/m0/s1. The van der Waals surface area contributed by atoms with Gasteiger partial charge >= 0.3 is 0 Å². The van der Waals surface area contributed by atoms with E-state index < -0.39 is 5.91 Å². The summed E-state index contributed by atoms with van der Waals surface area (Å²) >= 11 is 3.50. The summed E-state index contributed by atoms with van der Waals surface area (Å²) in [6, 6.07) is 11.7. The zero-order chi connectivity index (χ0) is 20.4. The van der Waals surface area contributed by atoms with Crippen molar-refractivity contribution in [2.45, 2.75) is 37.8 Å². The third kappa shape index (κ3) is 4.33. The molecule has 4 rings (SSSR count). The first-order valence-electron chi connectivity index (χ1n) is 9.65. The number of para-hydroxylation sites is 1. The Hall–Kier alpha value is -2.71. The highest BCUT2D eigenvalue weighted by Crippen LogP contribution is 2.30. The number of fused-ring (bicyclic) bond motifs is 1. The highest BCUT2D eigenvalue weighted by atomic mass is 79.9. The topological polar surface area (TPSA) is 119 Å². The molecular formula is C21H23BrN6O. The summed E-state index contributed by atoms with van der Waals surface area (Å²) in [6.45, 7) is 0. The smallest absolute Gasteiger partial charge is 0.252 e. The van der Waals surface area contributed by atoms with E-state index in [4.69, 9.17) is 11.5 Å². The molecule has 2 atom stereocenters. The number of amides is 1. The Labute approximate surface area is 177 Å². The number of hydrogen-bond donors (Lipinski definition) is 4. The maximum Gasteiger partial charge on any atom is 0.252 e. The second-order valence-electron chi connectivity index (χ2n) is 7.32. The normalized spacial score (nSPS) is 19.1. The summed E-state index contributed by atoms with van der Waals surface area (Å²) < 4.78 is 0.672. The van der Waals surface area contributed by atoms with Gasteiger partial charge in [0.05, 0.1) is 27.4 Å². The van der Waals surface area contributed by atoms with Gasteiger partial charge in [0.2, 0.25) is 0 Å². The lowest BCUT2D eigenvalue weighted by Gasteiger charge is -2.30. The lowest BCUT2D eigenvalue weighted by Crippen LogP contribution is -2.42. The number of benzene rings is 1. The predicted octanol–water partition coefficient (Wildman–Crippen LogP) is 3.92. The minimum atomic E-state index is -0.560. The molecule has 1 aromatic carbocycles. The van der Waals surface area contributed by atoms with Crippen LogP contribution in [0, 0.1) is 0 Å². The van der Waals surface area contributed by atoms with E-state index in [-0.39, 0.29) is 12.1 Å². The molecule has 3 aromatic rings. The summed E-state index contributed by atoms with van der Waals surface area (Å²) in [5, 5.41) is 7.61. The molecule has 29 heavy (non-hydrogen) atoms. The van der Waals surface area contributed by atoms with Crippen LogP contribution in [0.1, 0.15) is 36.0 Å². The molecule has 150 valence electrons. The summed E-state index contributed by atoms with van der Waals surface area (Å²) in [6.07, 6.45) is 5.97. The molecule has 1 saturated carbocycles. The lowest BCUT2D eigenvalue weighted by molar-refractivity contribution is 0.100. The minimum absolute atomic E-state index is 0.0781. The average Bonchev–Trinajstić information content (AvgIpc) is 2.71. The molecule has 1 fully saturated rings. The zero-order valence-corrected chi connectivity index (χ0v) is 17.4. The third-order valence-electron chi connectivity index (χ3n) is 5.24. The summed E-state index contributed by atoms with van der Waals surface area (Å²) in [4.78, 5) is 21.1. The molecule has 0 saturated heterocycles. The predicted molar refractivity (Wildman–Crippen MR) is 119 cm³/mol. The molecule has 0 bridgehead atoms. The molecule has 2 aromatic heterocycles. The number of carbonyl (C=O) groups excluding carboxylic acids is 1. The van der Waals surface area contributed by atoms with Crippen molar-refractivity contribution in [3.63, 3.8) is 0 Å². The Morgan fingerprint density at radius 3 is 2.72 bits per heavy atom. The number of anilines is 3. The number of carbonyl (C=O) groups is 1. The number of hydrogen-bond acceptors (Lipinski definition) is 6. The Kier molecular flexibility index (Phi) is 5.64. The van der Waals surface area contributed by atoms with Crippen LogP contribution >= 0.6 is 15.9 Å². The van der Waals surface area contributed by atoms with E-state index in [1.54, 1.807) is 12.3 Å². The van der Waals surface area contributed by atoms with Crippen molar-refractivity contribution in [1.29, 1.82) is 0 Å². The van der Waals surface area contributed by atoms with Crippen LogP contribution in [0.5, 0.6) is 0 Å². The Morgan fingerprint density at radius 2 is 1.93 bits per heavy atom. The summed E-state index contributed by atoms with van der Waals surface area (Å²) in [5.41, 5.74) is 13.8. The van der Waals surface area contributed by atoms with Gasteiger partial charge in [0.25, 0.3) is 5.91 Å². The second-order valence-corrected chi connectivity index (χ2v) is 8.17. The van der Waals surface area contributed by atoms with Crippen LogP contribution in [0.2, 0.25) is 0 Å².